The topological polar surface area (TPSA) is 157 Å². The maximum atomic E-state index is 13.4. The van der Waals surface area contributed by atoms with Crippen LogP contribution in [0, 0.1) is 11.2 Å². The van der Waals surface area contributed by atoms with Gasteiger partial charge in [0.1, 0.15) is 11.2 Å². The summed E-state index contributed by atoms with van der Waals surface area (Å²) in [5, 5.41) is 9.31. The summed E-state index contributed by atoms with van der Waals surface area (Å²) in [7, 11) is 3.38. The van der Waals surface area contributed by atoms with Gasteiger partial charge in [-0.2, -0.15) is 0 Å². The van der Waals surface area contributed by atoms with Crippen molar-refractivity contribution in [2.45, 2.75) is 13.2 Å². The molecule has 1 aliphatic rings. The number of nitrogens with two attached hydrogens (primary N) is 1. The number of aromatic nitrogens is 4. The van der Waals surface area contributed by atoms with Crippen molar-refractivity contribution in [2.75, 3.05) is 33.0 Å². The Bertz CT molecular complexity index is 1140. The number of halogens is 1. The molecule has 2 aromatic heterocycles. The van der Waals surface area contributed by atoms with Crippen LogP contribution >= 0.6 is 0 Å². The average molecular weight is 472 g/mol. The first-order valence-corrected chi connectivity index (χ1v) is 10.2. The number of benzene rings is 1. The molecule has 3 aromatic rings. The molecule has 11 nitrogen and oxygen atoms in total. The Hall–Kier alpha value is -3.90. The number of aliphatic carboxylic acids is 1. The zero-order valence-electron chi connectivity index (χ0n) is 18.9. The second-order valence-electron chi connectivity index (χ2n) is 8.04. The molecule has 0 bridgehead atoms. The molecule has 4 N–H and O–H groups in total. The summed E-state index contributed by atoms with van der Waals surface area (Å²) in [5.41, 5.74) is 6.73. The van der Waals surface area contributed by atoms with Crippen molar-refractivity contribution in [1.82, 2.24) is 24.8 Å². The van der Waals surface area contributed by atoms with Crippen LogP contribution in [-0.2, 0) is 19.1 Å². The highest BCUT2D eigenvalue weighted by Gasteiger charge is 2.41. The minimum absolute atomic E-state index is 0.0324. The van der Waals surface area contributed by atoms with Crippen molar-refractivity contribution >= 4 is 18.3 Å². The van der Waals surface area contributed by atoms with E-state index < -0.39 is 17.7 Å². The number of carboxylic acid groups (broad SMARTS) is 1. The first kappa shape index (κ1) is 24.7. The van der Waals surface area contributed by atoms with Gasteiger partial charge in [-0.15, -0.1) is 0 Å². The van der Waals surface area contributed by atoms with Crippen molar-refractivity contribution in [3.8, 4) is 22.6 Å². The summed E-state index contributed by atoms with van der Waals surface area (Å²) in [6.07, 6.45) is 1.38. The number of carboxylic acids is 1. The van der Waals surface area contributed by atoms with Crippen molar-refractivity contribution in [3.05, 3.63) is 48.2 Å². The third kappa shape index (κ3) is 5.71. The molecule has 1 amide bonds. The Morgan fingerprint density at radius 2 is 1.85 bits per heavy atom. The fraction of sp³-hybridized carbons (Fsp3) is 0.318. The maximum absolute atomic E-state index is 13.4. The van der Waals surface area contributed by atoms with Gasteiger partial charge in [0.2, 0.25) is 18.6 Å². The molecule has 1 aromatic carbocycles. The van der Waals surface area contributed by atoms with Gasteiger partial charge in [0.25, 0.3) is 0 Å². The normalized spacial score (nSPS) is 19.6. The highest BCUT2D eigenvalue weighted by Crippen LogP contribution is 2.35. The van der Waals surface area contributed by atoms with E-state index >= 15 is 0 Å². The summed E-state index contributed by atoms with van der Waals surface area (Å²) in [6.45, 7) is 1.48. The number of amides is 1. The lowest BCUT2D eigenvalue weighted by atomic mass is 9.92. The molecule has 0 atom stereocenters. The van der Waals surface area contributed by atoms with E-state index in [9.17, 15) is 19.1 Å². The number of rotatable bonds is 5. The second-order valence-corrected chi connectivity index (χ2v) is 8.04. The molecule has 12 heteroatoms. The number of nitrogens with zero attached hydrogens (tertiary/aromatic N) is 4. The zero-order chi connectivity index (χ0) is 24.9. The van der Waals surface area contributed by atoms with Gasteiger partial charge in [0.05, 0.1) is 30.3 Å². The zero-order valence-corrected chi connectivity index (χ0v) is 18.9. The molecule has 0 aliphatic carbocycles. The summed E-state index contributed by atoms with van der Waals surface area (Å²) >= 11 is 0. The minimum atomic E-state index is -1.13. The number of aromatic amines is 1. The quantitative estimate of drug-likeness (QED) is 0.473. The first-order valence-electron chi connectivity index (χ1n) is 10.2. The number of carbonyl (C=O) groups excluding carboxylic acids is 1. The minimum Gasteiger partial charge on any atom is -0.481 e. The van der Waals surface area contributed by atoms with Crippen LogP contribution < -0.4 is 5.73 Å². The second kappa shape index (κ2) is 10.4. The van der Waals surface area contributed by atoms with Crippen LogP contribution in [0.2, 0.25) is 0 Å². The van der Waals surface area contributed by atoms with Crippen LogP contribution in [0.3, 0.4) is 0 Å². The molecular weight excluding hydrogens is 447 g/mol. The number of carbonyl (C=O) groups is 2. The number of H-pyrrole nitrogens is 1. The molecule has 1 aliphatic heterocycles. The van der Waals surface area contributed by atoms with Crippen LogP contribution in [0.4, 0.5) is 10.3 Å². The predicted octanol–water partition coefficient (Wildman–Crippen LogP) is 2.10. The van der Waals surface area contributed by atoms with Gasteiger partial charge < -0.3 is 30.2 Å². The fourth-order valence-corrected chi connectivity index (χ4v) is 2.91. The first-order chi connectivity index (χ1) is 16.1. The van der Waals surface area contributed by atoms with Crippen LogP contribution in [0.1, 0.15) is 19.0 Å². The molecule has 3 heterocycles. The lowest BCUT2D eigenvalue weighted by Crippen LogP contribution is -2.42. The van der Waals surface area contributed by atoms with E-state index in [4.69, 9.17) is 15.2 Å². The monoisotopic (exact) mass is 472 g/mol. The van der Waals surface area contributed by atoms with E-state index in [1.807, 2.05) is 0 Å². The molecular formula is C22H25FN6O5. The average Bonchev–Trinajstić information content (AvgIpc) is 3.26. The van der Waals surface area contributed by atoms with Crippen molar-refractivity contribution in [3.63, 3.8) is 0 Å². The largest absolute Gasteiger partial charge is 0.481 e. The molecule has 180 valence electrons. The van der Waals surface area contributed by atoms with Gasteiger partial charge in [0.15, 0.2) is 5.82 Å². The molecule has 4 rings (SSSR count). The predicted molar refractivity (Wildman–Crippen MR) is 120 cm³/mol. The number of nitrogen functional groups attached to an aromatic ring is 1. The highest BCUT2D eigenvalue weighted by molar-refractivity contribution is 5.77. The Morgan fingerprint density at radius 1 is 1.24 bits per heavy atom. The SMILES string of the molecule is CC1(C(=O)O)COC(c2nc(-c3ccc(F)cc3)c(-c3ccnc(N)n3)[nH]2)OC1.CN(C)C=O. The van der Waals surface area contributed by atoms with Gasteiger partial charge in [-0.1, -0.05) is 0 Å². The van der Waals surface area contributed by atoms with Crippen molar-refractivity contribution in [1.29, 1.82) is 0 Å². The summed E-state index contributed by atoms with van der Waals surface area (Å²) < 4.78 is 24.6. The van der Waals surface area contributed by atoms with Gasteiger partial charge >= 0.3 is 5.97 Å². The molecule has 1 fully saturated rings. The Kier molecular flexibility index (Phi) is 7.54. The lowest BCUT2D eigenvalue weighted by Gasteiger charge is -2.33. The van der Waals surface area contributed by atoms with Gasteiger partial charge in [-0.05, 0) is 37.3 Å². The fourth-order valence-electron chi connectivity index (χ4n) is 2.91. The van der Waals surface area contributed by atoms with E-state index in [0.29, 0.717) is 28.5 Å². The van der Waals surface area contributed by atoms with E-state index in [1.54, 1.807) is 39.2 Å². The van der Waals surface area contributed by atoms with Gasteiger partial charge in [-0.3, -0.25) is 9.59 Å². The van der Waals surface area contributed by atoms with Crippen molar-refractivity contribution in [2.24, 2.45) is 5.41 Å². The number of nitrogens with one attached hydrogen (secondary N) is 1. The molecule has 1 saturated heterocycles. The van der Waals surface area contributed by atoms with Crippen LogP contribution in [0.25, 0.3) is 22.6 Å². The van der Waals surface area contributed by atoms with E-state index in [-0.39, 0.29) is 25.0 Å². The van der Waals surface area contributed by atoms with E-state index in [2.05, 4.69) is 19.9 Å². The van der Waals surface area contributed by atoms with Gasteiger partial charge in [-0.25, -0.2) is 19.3 Å². The van der Waals surface area contributed by atoms with Crippen LogP contribution in [0.5, 0.6) is 0 Å². The Morgan fingerprint density at radius 3 is 2.38 bits per heavy atom. The maximum Gasteiger partial charge on any atom is 0.314 e. The standard InChI is InChI=1S/C19H18FN5O4.C3H7NO/c1-19(17(26)27)8-28-16(29-9-19)15-24-13(10-2-4-11(20)5-3-10)14(25-15)12-6-7-22-18(21)23-12;1-4(2)3-5/h2-7,16H,8-9H2,1H3,(H,24,25)(H,26,27)(H2,21,22,23);3H,1-2H3. The number of hydrogen-bond acceptors (Lipinski definition) is 8. The number of anilines is 1. The molecule has 0 unspecified atom stereocenters. The van der Waals surface area contributed by atoms with E-state index in [1.165, 1.54) is 23.2 Å². The lowest BCUT2D eigenvalue weighted by molar-refractivity contribution is -0.236. The Balaban J connectivity index is 0.000000588. The summed E-state index contributed by atoms with van der Waals surface area (Å²) in [5.74, 6) is -0.946. The smallest absolute Gasteiger partial charge is 0.314 e. The highest BCUT2D eigenvalue weighted by atomic mass is 19.1. The molecule has 0 spiro atoms. The van der Waals surface area contributed by atoms with Crippen molar-refractivity contribution < 1.29 is 28.6 Å². The third-order valence-electron chi connectivity index (χ3n) is 4.83. The summed E-state index contributed by atoms with van der Waals surface area (Å²) in [4.78, 5) is 38.0. The third-order valence-corrected chi connectivity index (χ3v) is 4.83. The van der Waals surface area contributed by atoms with Crippen LogP contribution in [-0.4, -0.2) is 69.6 Å². The number of hydrogen-bond donors (Lipinski definition) is 3. The van der Waals surface area contributed by atoms with E-state index in [0.717, 1.165) is 6.41 Å². The number of imidazole rings is 1. The summed E-state index contributed by atoms with van der Waals surface area (Å²) in [6, 6.07) is 7.49. The molecule has 0 radical (unpaired) electrons. The van der Waals surface area contributed by atoms with Gasteiger partial charge in [0, 0.05) is 25.9 Å². The van der Waals surface area contributed by atoms with Crippen LogP contribution in [0.15, 0.2) is 36.5 Å². The molecule has 34 heavy (non-hydrogen) atoms. The number of ether oxygens (including phenoxy) is 2. The Labute approximate surface area is 194 Å². The molecule has 0 saturated carbocycles.